The minimum Gasteiger partial charge on any atom is -0.413 e. The predicted octanol–water partition coefficient (Wildman–Crippen LogP) is 6.84. The van der Waals surface area contributed by atoms with Crippen molar-refractivity contribution in [1.82, 2.24) is 15.0 Å². The molecule has 0 spiro atoms. The molecule has 36 heavy (non-hydrogen) atoms. The molecular weight excluding hydrogens is 485 g/mol. The number of aliphatic hydroxyl groups is 1. The molecule has 10 heteroatoms. The number of aryl methyl sites for hydroxylation is 1. The number of alkyl halides is 3. The highest BCUT2D eigenvalue weighted by Crippen LogP contribution is 2.38. The van der Waals surface area contributed by atoms with Gasteiger partial charge in [-0.1, -0.05) is 32.9 Å². The Bertz CT molecular complexity index is 1210. The smallest absolute Gasteiger partial charge is 0.413 e. The SMILES string of the molecule is Cc1cc(Nc2nccc(C(F)(F)F)n2)cc(-c2ccc(C(C)(O)CO[Si](C)(C)C(C)(C)C)nc2)c1. The maximum atomic E-state index is 13.0. The van der Waals surface area contributed by atoms with E-state index in [1.54, 1.807) is 31.3 Å². The molecule has 2 aromatic heterocycles. The van der Waals surface area contributed by atoms with Crippen LogP contribution in [0.5, 0.6) is 0 Å². The summed E-state index contributed by atoms with van der Waals surface area (Å²) in [6.07, 6.45) is -1.82. The van der Waals surface area contributed by atoms with Gasteiger partial charge in [-0.2, -0.15) is 13.2 Å². The zero-order chi connectivity index (χ0) is 26.9. The minimum atomic E-state index is -4.55. The summed E-state index contributed by atoms with van der Waals surface area (Å²) in [5.74, 6) is -0.146. The molecule has 0 bridgehead atoms. The van der Waals surface area contributed by atoms with Crippen LogP contribution in [-0.4, -0.2) is 35.0 Å². The number of nitrogens with zero attached hydrogens (tertiary/aromatic N) is 3. The number of hydrogen-bond acceptors (Lipinski definition) is 6. The first-order valence-corrected chi connectivity index (χ1v) is 14.5. The second-order valence-corrected chi connectivity index (χ2v) is 15.5. The standard InChI is InChI=1S/C26H33F3N4O2Si/c1-17-12-19(14-20(13-17)32-23-30-11-10-22(33-23)26(27,28)29)18-8-9-21(31-15-18)25(5,34)16-35-36(6,7)24(2,3)4/h8-15,34H,16H2,1-7H3,(H,30,32,33). The molecule has 0 saturated heterocycles. The van der Waals surface area contributed by atoms with Crippen molar-refractivity contribution in [2.75, 3.05) is 11.9 Å². The summed E-state index contributed by atoms with van der Waals surface area (Å²) in [5, 5.41) is 13.9. The Morgan fingerprint density at radius 3 is 2.22 bits per heavy atom. The Morgan fingerprint density at radius 1 is 0.944 bits per heavy atom. The van der Waals surface area contributed by atoms with E-state index in [0.29, 0.717) is 11.4 Å². The van der Waals surface area contributed by atoms with Crippen LogP contribution in [0.25, 0.3) is 11.1 Å². The van der Waals surface area contributed by atoms with E-state index in [2.05, 4.69) is 54.1 Å². The Labute approximate surface area is 211 Å². The minimum absolute atomic E-state index is 0.0242. The monoisotopic (exact) mass is 518 g/mol. The number of benzene rings is 1. The molecule has 1 aromatic carbocycles. The van der Waals surface area contributed by atoms with E-state index in [9.17, 15) is 18.3 Å². The summed E-state index contributed by atoms with van der Waals surface area (Å²) >= 11 is 0. The van der Waals surface area contributed by atoms with E-state index < -0.39 is 25.8 Å². The molecule has 0 aliphatic rings. The molecule has 2 N–H and O–H groups in total. The van der Waals surface area contributed by atoms with Crippen molar-refractivity contribution in [2.45, 2.75) is 64.5 Å². The highest BCUT2D eigenvalue weighted by molar-refractivity contribution is 6.74. The van der Waals surface area contributed by atoms with Gasteiger partial charge in [-0.25, -0.2) is 9.97 Å². The molecular formula is C26H33F3N4O2Si. The summed E-state index contributed by atoms with van der Waals surface area (Å²) in [6.45, 7) is 14.4. The summed E-state index contributed by atoms with van der Waals surface area (Å²) < 4.78 is 45.2. The van der Waals surface area contributed by atoms with Gasteiger partial charge in [0.2, 0.25) is 5.95 Å². The van der Waals surface area contributed by atoms with Gasteiger partial charge >= 0.3 is 6.18 Å². The largest absolute Gasteiger partial charge is 0.433 e. The average molecular weight is 519 g/mol. The van der Waals surface area contributed by atoms with Crippen LogP contribution in [0.4, 0.5) is 24.8 Å². The summed E-state index contributed by atoms with van der Waals surface area (Å²) in [4.78, 5) is 11.9. The summed E-state index contributed by atoms with van der Waals surface area (Å²) in [7, 11) is -2.04. The molecule has 0 fully saturated rings. The van der Waals surface area contributed by atoms with E-state index >= 15 is 0 Å². The van der Waals surface area contributed by atoms with Crippen molar-refractivity contribution in [1.29, 1.82) is 0 Å². The first kappa shape index (κ1) is 27.8. The zero-order valence-electron chi connectivity index (χ0n) is 21.7. The number of rotatable bonds is 7. The van der Waals surface area contributed by atoms with E-state index in [1.165, 1.54) is 0 Å². The van der Waals surface area contributed by atoms with Crippen LogP contribution in [0, 0.1) is 6.92 Å². The van der Waals surface area contributed by atoms with Gasteiger partial charge in [0.25, 0.3) is 0 Å². The molecule has 194 valence electrons. The summed E-state index contributed by atoms with van der Waals surface area (Å²) in [5.41, 5.74) is 1.25. The molecule has 1 atom stereocenters. The van der Waals surface area contributed by atoms with Crippen molar-refractivity contribution in [3.63, 3.8) is 0 Å². The topological polar surface area (TPSA) is 80.2 Å². The predicted molar refractivity (Wildman–Crippen MR) is 137 cm³/mol. The Hall–Kier alpha value is -2.82. The fourth-order valence-electron chi connectivity index (χ4n) is 3.22. The normalized spacial score (nSPS) is 14.4. The highest BCUT2D eigenvalue weighted by Gasteiger charge is 2.39. The molecule has 3 aromatic rings. The van der Waals surface area contributed by atoms with E-state index in [1.807, 2.05) is 19.1 Å². The van der Waals surface area contributed by atoms with Gasteiger partial charge in [-0.15, -0.1) is 0 Å². The molecule has 3 rings (SSSR count). The van der Waals surface area contributed by atoms with Crippen molar-refractivity contribution < 1.29 is 22.7 Å². The maximum Gasteiger partial charge on any atom is 0.433 e. The molecule has 6 nitrogen and oxygen atoms in total. The molecule has 0 amide bonds. The van der Waals surface area contributed by atoms with Crippen molar-refractivity contribution in [3.05, 3.63) is 65.7 Å². The third kappa shape index (κ3) is 6.68. The van der Waals surface area contributed by atoms with Gasteiger partial charge in [0.15, 0.2) is 8.32 Å². The molecule has 0 radical (unpaired) electrons. The second-order valence-electron chi connectivity index (χ2n) is 10.7. The number of halogens is 3. The lowest BCUT2D eigenvalue weighted by Crippen LogP contribution is -2.44. The number of hydrogen-bond donors (Lipinski definition) is 2. The van der Waals surface area contributed by atoms with Gasteiger partial charge in [-0.3, -0.25) is 4.98 Å². The lowest BCUT2D eigenvalue weighted by Gasteiger charge is -2.38. The molecule has 0 aliphatic heterocycles. The van der Waals surface area contributed by atoms with Crippen molar-refractivity contribution in [3.8, 4) is 11.1 Å². The summed E-state index contributed by atoms with van der Waals surface area (Å²) in [6, 6.07) is 9.95. The van der Waals surface area contributed by atoms with Gasteiger partial charge in [-0.05, 0) is 67.4 Å². The van der Waals surface area contributed by atoms with E-state index in [0.717, 1.165) is 29.0 Å². The van der Waals surface area contributed by atoms with Gasteiger partial charge < -0.3 is 14.8 Å². The van der Waals surface area contributed by atoms with Crippen molar-refractivity contribution in [2.24, 2.45) is 0 Å². The van der Waals surface area contributed by atoms with Crippen molar-refractivity contribution >= 4 is 20.0 Å². The Kier molecular flexibility index (Phi) is 7.64. The van der Waals surface area contributed by atoms with Crippen LogP contribution in [0.2, 0.25) is 18.1 Å². The maximum absolute atomic E-state index is 13.0. The molecule has 1 unspecified atom stereocenters. The first-order valence-electron chi connectivity index (χ1n) is 11.6. The van der Waals surface area contributed by atoms with E-state index in [4.69, 9.17) is 4.43 Å². The molecule has 0 aliphatic carbocycles. The quantitative estimate of drug-likeness (QED) is 0.334. The second kappa shape index (κ2) is 9.91. The highest BCUT2D eigenvalue weighted by atomic mass is 28.4. The fourth-order valence-corrected chi connectivity index (χ4v) is 4.30. The average Bonchev–Trinajstić information content (AvgIpc) is 2.76. The van der Waals surface area contributed by atoms with Gasteiger partial charge in [0.05, 0.1) is 12.3 Å². The lowest BCUT2D eigenvalue weighted by molar-refractivity contribution is -0.141. The number of anilines is 2. The molecule has 2 heterocycles. The van der Waals surface area contributed by atoms with Crippen LogP contribution in [0.3, 0.4) is 0 Å². The Morgan fingerprint density at radius 2 is 1.64 bits per heavy atom. The number of aromatic nitrogens is 3. The third-order valence-electron chi connectivity index (χ3n) is 6.45. The van der Waals surface area contributed by atoms with Crippen LogP contribution < -0.4 is 5.32 Å². The van der Waals surface area contributed by atoms with Crippen LogP contribution in [0.15, 0.2) is 48.8 Å². The first-order chi connectivity index (χ1) is 16.5. The molecule has 0 saturated carbocycles. The third-order valence-corrected chi connectivity index (χ3v) is 10.9. The lowest BCUT2D eigenvalue weighted by atomic mass is 10.00. The fraction of sp³-hybridized carbons (Fsp3) is 0.423. The van der Waals surface area contributed by atoms with Crippen LogP contribution in [-0.2, 0) is 16.2 Å². The Balaban J connectivity index is 1.80. The van der Waals surface area contributed by atoms with Gasteiger partial charge in [0.1, 0.15) is 11.3 Å². The number of pyridine rings is 1. The number of nitrogens with one attached hydrogen (secondary N) is 1. The van der Waals surface area contributed by atoms with Gasteiger partial charge in [0, 0.05) is 23.6 Å². The zero-order valence-corrected chi connectivity index (χ0v) is 22.7. The van der Waals surface area contributed by atoms with Crippen LogP contribution >= 0.6 is 0 Å². The van der Waals surface area contributed by atoms with E-state index in [-0.39, 0.29) is 17.6 Å². The van der Waals surface area contributed by atoms with Crippen LogP contribution in [0.1, 0.15) is 44.6 Å².